The average Bonchev–Trinajstić information content (AvgIpc) is 2.74. The van der Waals surface area contributed by atoms with Crippen LogP contribution in [-0.4, -0.2) is 34.3 Å². The predicted molar refractivity (Wildman–Crippen MR) is 80.6 cm³/mol. The minimum atomic E-state index is -0.226. The smallest absolute Gasteiger partial charge is 0.312 e. The number of hydrogen-bond donors (Lipinski definition) is 0. The third-order valence-corrected chi connectivity index (χ3v) is 4.53. The second kappa shape index (κ2) is 5.51. The van der Waals surface area contributed by atoms with Crippen molar-refractivity contribution in [1.29, 1.82) is 0 Å². The largest absolute Gasteiger partial charge is 0.328 e. The molecule has 21 heavy (non-hydrogen) atoms. The maximum Gasteiger partial charge on any atom is 0.328 e. The van der Waals surface area contributed by atoms with Crippen molar-refractivity contribution in [2.75, 3.05) is 6.54 Å². The molecule has 2 saturated heterocycles. The molecule has 0 radical (unpaired) electrons. The number of rotatable bonds is 3. The van der Waals surface area contributed by atoms with Crippen LogP contribution in [0.3, 0.4) is 0 Å². The number of nitrogens with zero attached hydrogens (tertiary/aromatic N) is 2. The number of urea groups is 1. The van der Waals surface area contributed by atoms with Crippen LogP contribution in [-0.2, 0) is 4.79 Å². The molecule has 0 N–H and O–H groups in total. The van der Waals surface area contributed by atoms with Gasteiger partial charge in [0.25, 0.3) is 5.91 Å². The number of amides is 3. The van der Waals surface area contributed by atoms with E-state index in [0.29, 0.717) is 6.54 Å². The van der Waals surface area contributed by atoms with Gasteiger partial charge in [0.15, 0.2) is 0 Å². The zero-order valence-electron chi connectivity index (χ0n) is 12.7. The van der Waals surface area contributed by atoms with E-state index in [1.807, 2.05) is 30.3 Å². The van der Waals surface area contributed by atoms with Gasteiger partial charge in [-0.15, -0.1) is 0 Å². The topological polar surface area (TPSA) is 40.6 Å². The summed E-state index contributed by atoms with van der Waals surface area (Å²) in [5, 5.41) is 0. The minimum absolute atomic E-state index is 0.0118. The SMILES string of the molecule is CC(C)C(c1ccccc1)N1C(=O)[C@H]2CCCCN2C1=O. The average molecular weight is 286 g/mol. The van der Waals surface area contributed by atoms with Gasteiger partial charge in [-0.2, -0.15) is 0 Å². The highest BCUT2D eigenvalue weighted by Gasteiger charge is 2.49. The van der Waals surface area contributed by atoms with Gasteiger partial charge in [-0.1, -0.05) is 44.2 Å². The van der Waals surface area contributed by atoms with Crippen LogP contribution in [0.1, 0.15) is 44.7 Å². The lowest BCUT2D eigenvalue weighted by Gasteiger charge is -2.30. The fourth-order valence-electron chi connectivity index (χ4n) is 3.55. The van der Waals surface area contributed by atoms with Crippen molar-refractivity contribution in [3.63, 3.8) is 0 Å². The molecular formula is C17H22N2O2. The van der Waals surface area contributed by atoms with E-state index in [4.69, 9.17) is 0 Å². The molecule has 1 unspecified atom stereocenters. The van der Waals surface area contributed by atoms with Crippen LogP contribution < -0.4 is 0 Å². The van der Waals surface area contributed by atoms with Crippen LogP contribution in [0.5, 0.6) is 0 Å². The standard InChI is InChI=1S/C17H22N2O2/c1-12(2)15(13-8-4-3-5-9-13)19-16(20)14-10-6-7-11-18(14)17(19)21/h3-5,8-9,12,14-15H,6-7,10-11H2,1-2H3/t14-,15?/m1/s1. The number of carbonyl (C=O) groups excluding carboxylic acids is 2. The Hall–Kier alpha value is -1.84. The van der Waals surface area contributed by atoms with Gasteiger partial charge in [0, 0.05) is 6.54 Å². The molecule has 2 heterocycles. The molecular weight excluding hydrogens is 264 g/mol. The molecule has 0 aromatic heterocycles. The second-order valence-corrected chi connectivity index (χ2v) is 6.30. The molecule has 112 valence electrons. The van der Waals surface area contributed by atoms with Crippen molar-refractivity contribution in [3.8, 4) is 0 Å². The van der Waals surface area contributed by atoms with Crippen LogP contribution in [0.25, 0.3) is 0 Å². The quantitative estimate of drug-likeness (QED) is 0.801. The van der Waals surface area contributed by atoms with E-state index in [0.717, 1.165) is 24.8 Å². The lowest BCUT2D eigenvalue weighted by molar-refractivity contribution is -0.131. The summed E-state index contributed by atoms with van der Waals surface area (Å²) in [4.78, 5) is 28.7. The lowest BCUT2D eigenvalue weighted by Crippen LogP contribution is -2.39. The Morgan fingerprint density at radius 3 is 2.43 bits per heavy atom. The zero-order valence-corrected chi connectivity index (χ0v) is 12.7. The van der Waals surface area contributed by atoms with Gasteiger partial charge in [0.05, 0.1) is 6.04 Å². The summed E-state index contributed by atoms with van der Waals surface area (Å²) in [6, 6.07) is 9.38. The van der Waals surface area contributed by atoms with Crippen LogP contribution >= 0.6 is 0 Å². The number of hydrogen-bond acceptors (Lipinski definition) is 2. The van der Waals surface area contributed by atoms with Crippen LogP contribution in [0.15, 0.2) is 30.3 Å². The molecule has 3 rings (SSSR count). The Bertz CT molecular complexity index is 517. The number of fused-ring (bicyclic) bond motifs is 1. The first-order valence-electron chi connectivity index (χ1n) is 7.80. The lowest BCUT2D eigenvalue weighted by atomic mass is 9.94. The molecule has 0 bridgehead atoms. The first-order valence-corrected chi connectivity index (χ1v) is 7.80. The van der Waals surface area contributed by atoms with Crippen molar-refractivity contribution in [2.24, 2.45) is 5.92 Å². The minimum Gasteiger partial charge on any atom is -0.312 e. The molecule has 2 aliphatic rings. The van der Waals surface area contributed by atoms with E-state index in [2.05, 4.69) is 13.8 Å². The molecule has 0 spiro atoms. The Kier molecular flexibility index (Phi) is 3.70. The molecule has 0 aliphatic carbocycles. The summed E-state index contributed by atoms with van der Waals surface area (Å²) < 4.78 is 0. The van der Waals surface area contributed by atoms with E-state index < -0.39 is 0 Å². The van der Waals surface area contributed by atoms with E-state index >= 15 is 0 Å². The van der Waals surface area contributed by atoms with Crippen molar-refractivity contribution < 1.29 is 9.59 Å². The summed E-state index contributed by atoms with van der Waals surface area (Å²) in [6.07, 6.45) is 2.84. The van der Waals surface area contributed by atoms with Gasteiger partial charge in [0.1, 0.15) is 6.04 Å². The second-order valence-electron chi connectivity index (χ2n) is 6.30. The Labute approximate surface area is 125 Å². The first-order chi connectivity index (χ1) is 10.1. The Balaban J connectivity index is 1.96. The molecule has 0 saturated carbocycles. The maximum absolute atomic E-state index is 12.7. The van der Waals surface area contributed by atoms with E-state index in [9.17, 15) is 9.59 Å². The van der Waals surface area contributed by atoms with Gasteiger partial charge < -0.3 is 4.90 Å². The molecule has 1 aromatic carbocycles. The highest BCUT2D eigenvalue weighted by Crippen LogP contribution is 2.36. The van der Waals surface area contributed by atoms with Crippen molar-refractivity contribution in [1.82, 2.24) is 9.80 Å². The molecule has 4 nitrogen and oxygen atoms in total. The fourth-order valence-corrected chi connectivity index (χ4v) is 3.55. The van der Waals surface area contributed by atoms with Crippen LogP contribution in [0, 0.1) is 5.92 Å². The van der Waals surface area contributed by atoms with Crippen LogP contribution in [0.4, 0.5) is 4.79 Å². The Morgan fingerprint density at radius 1 is 1.10 bits per heavy atom. The van der Waals surface area contributed by atoms with Gasteiger partial charge in [-0.3, -0.25) is 9.69 Å². The van der Waals surface area contributed by atoms with Crippen molar-refractivity contribution in [2.45, 2.75) is 45.2 Å². The molecule has 2 atom stereocenters. The van der Waals surface area contributed by atoms with Gasteiger partial charge in [-0.05, 0) is 30.7 Å². The molecule has 2 aliphatic heterocycles. The molecule has 1 aromatic rings. The highest BCUT2D eigenvalue weighted by atomic mass is 16.2. The van der Waals surface area contributed by atoms with E-state index in [-0.39, 0.29) is 29.9 Å². The van der Waals surface area contributed by atoms with Crippen molar-refractivity contribution in [3.05, 3.63) is 35.9 Å². The summed E-state index contributed by atoms with van der Waals surface area (Å²) >= 11 is 0. The number of piperidine rings is 1. The zero-order chi connectivity index (χ0) is 15.0. The Morgan fingerprint density at radius 2 is 1.81 bits per heavy atom. The van der Waals surface area contributed by atoms with Gasteiger partial charge in [-0.25, -0.2) is 4.79 Å². The fraction of sp³-hybridized carbons (Fsp3) is 0.529. The van der Waals surface area contributed by atoms with Crippen molar-refractivity contribution >= 4 is 11.9 Å². The third kappa shape index (κ3) is 2.33. The first kappa shape index (κ1) is 14.1. The van der Waals surface area contributed by atoms with Gasteiger partial charge in [0.2, 0.25) is 0 Å². The van der Waals surface area contributed by atoms with E-state index in [1.54, 1.807) is 4.90 Å². The molecule has 3 amide bonds. The number of imide groups is 1. The summed E-state index contributed by atoms with van der Waals surface area (Å²) in [5.41, 5.74) is 1.04. The number of benzene rings is 1. The van der Waals surface area contributed by atoms with Crippen LogP contribution in [0.2, 0.25) is 0 Å². The normalized spacial score (nSPS) is 23.7. The number of carbonyl (C=O) groups is 2. The highest BCUT2D eigenvalue weighted by molar-refractivity contribution is 6.04. The molecule has 4 heteroatoms. The maximum atomic E-state index is 12.7. The summed E-state index contributed by atoms with van der Waals surface area (Å²) in [7, 11) is 0. The summed E-state index contributed by atoms with van der Waals surface area (Å²) in [6.45, 7) is 4.84. The van der Waals surface area contributed by atoms with Gasteiger partial charge >= 0.3 is 6.03 Å². The third-order valence-electron chi connectivity index (χ3n) is 4.53. The predicted octanol–water partition coefficient (Wildman–Crippen LogP) is 3.20. The monoisotopic (exact) mass is 286 g/mol. The summed E-state index contributed by atoms with van der Waals surface area (Å²) in [5.74, 6) is 0.184. The molecule has 2 fully saturated rings. The van der Waals surface area contributed by atoms with E-state index in [1.165, 1.54) is 4.90 Å².